The molecule has 132 valence electrons. The van der Waals surface area contributed by atoms with Crippen LogP contribution < -0.4 is 10.6 Å². The third-order valence-electron chi connectivity index (χ3n) is 4.53. The Kier molecular flexibility index (Phi) is 5.11. The van der Waals surface area contributed by atoms with Crippen molar-refractivity contribution in [3.05, 3.63) is 95.1 Å². The fourth-order valence-corrected chi connectivity index (χ4v) is 6.24. The molecule has 0 saturated heterocycles. The zero-order chi connectivity index (χ0) is 18.7. The molecule has 0 atom stereocenters. The third-order valence-corrected chi connectivity index (χ3v) is 7.49. The lowest BCUT2D eigenvalue weighted by atomic mass is 10.0. The van der Waals surface area contributed by atoms with Gasteiger partial charge in [0.2, 0.25) is 0 Å². The van der Waals surface area contributed by atoms with Gasteiger partial charge in [-0.05, 0) is 31.9 Å². The minimum Gasteiger partial charge on any atom is -0.410 e. The van der Waals surface area contributed by atoms with Gasteiger partial charge in [-0.25, -0.2) is 0 Å². The molecule has 0 heterocycles. The van der Waals surface area contributed by atoms with Crippen molar-refractivity contribution >= 4 is 23.2 Å². The SMILES string of the molecule is Cc1cc(C)c(C(=NO)P(=O)(c2ccccc2)c2ccccc2)c(C)c1. The zero-order valence-corrected chi connectivity index (χ0v) is 16.1. The van der Waals surface area contributed by atoms with Crippen molar-refractivity contribution in [2.24, 2.45) is 5.16 Å². The number of hydrogen-bond acceptors (Lipinski definition) is 3. The molecule has 0 bridgehead atoms. The first kappa shape index (κ1) is 18.2. The summed E-state index contributed by atoms with van der Waals surface area (Å²) in [5, 5.41) is 14.9. The summed E-state index contributed by atoms with van der Waals surface area (Å²) in [6.45, 7) is 5.94. The lowest BCUT2D eigenvalue weighted by molar-refractivity contribution is 0.320. The molecule has 0 spiro atoms. The summed E-state index contributed by atoms with van der Waals surface area (Å²) >= 11 is 0. The summed E-state index contributed by atoms with van der Waals surface area (Å²) in [5.74, 6) is 0. The zero-order valence-electron chi connectivity index (χ0n) is 15.2. The topological polar surface area (TPSA) is 49.7 Å². The second-order valence-corrected chi connectivity index (χ2v) is 9.15. The number of aryl methyl sites for hydroxylation is 3. The lowest BCUT2D eigenvalue weighted by Crippen LogP contribution is -2.24. The largest absolute Gasteiger partial charge is 0.410 e. The van der Waals surface area contributed by atoms with Gasteiger partial charge in [-0.1, -0.05) is 83.5 Å². The van der Waals surface area contributed by atoms with Crippen molar-refractivity contribution in [2.75, 3.05) is 0 Å². The van der Waals surface area contributed by atoms with Gasteiger partial charge in [0.1, 0.15) is 0 Å². The van der Waals surface area contributed by atoms with E-state index in [4.69, 9.17) is 0 Å². The summed E-state index contributed by atoms with van der Waals surface area (Å²) in [6.07, 6.45) is 0. The summed E-state index contributed by atoms with van der Waals surface area (Å²) < 4.78 is 14.4. The van der Waals surface area contributed by atoms with Gasteiger partial charge in [-0.2, -0.15) is 0 Å². The Morgan fingerprint density at radius 2 is 1.23 bits per heavy atom. The molecule has 3 aromatic carbocycles. The maximum Gasteiger partial charge on any atom is 0.192 e. The highest BCUT2D eigenvalue weighted by molar-refractivity contribution is 7.93. The van der Waals surface area contributed by atoms with Gasteiger partial charge in [-0.15, -0.1) is 0 Å². The number of hydrogen-bond donors (Lipinski definition) is 1. The lowest BCUT2D eigenvalue weighted by Gasteiger charge is -2.23. The molecule has 0 unspecified atom stereocenters. The van der Waals surface area contributed by atoms with E-state index in [1.54, 1.807) is 0 Å². The third kappa shape index (κ3) is 3.11. The summed E-state index contributed by atoms with van der Waals surface area (Å²) in [7, 11) is -3.33. The first-order valence-electron chi connectivity index (χ1n) is 8.50. The fraction of sp³-hybridized carbons (Fsp3) is 0.136. The van der Waals surface area contributed by atoms with Gasteiger partial charge in [0, 0.05) is 16.2 Å². The minimum absolute atomic E-state index is 0.227. The Morgan fingerprint density at radius 1 is 0.808 bits per heavy atom. The predicted octanol–water partition coefficient (Wildman–Crippen LogP) is 4.76. The molecule has 0 aliphatic rings. The van der Waals surface area contributed by atoms with E-state index in [1.807, 2.05) is 93.6 Å². The molecular formula is C22H22NO2P. The van der Waals surface area contributed by atoms with E-state index in [1.165, 1.54) is 0 Å². The van der Waals surface area contributed by atoms with E-state index in [0.717, 1.165) is 22.3 Å². The molecule has 1 N–H and O–H groups in total. The average molecular weight is 363 g/mol. The fourth-order valence-electron chi connectivity index (χ4n) is 3.47. The quantitative estimate of drug-likeness (QED) is 0.314. The molecule has 3 aromatic rings. The van der Waals surface area contributed by atoms with E-state index < -0.39 is 7.14 Å². The monoisotopic (exact) mass is 363 g/mol. The number of oxime groups is 1. The second-order valence-electron chi connectivity index (χ2n) is 6.48. The van der Waals surface area contributed by atoms with Crippen LogP contribution in [0, 0.1) is 20.8 Å². The van der Waals surface area contributed by atoms with Gasteiger partial charge in [-0.3, -0.25) is 0 Å². The first-order valence-corrected chi connectivity index (χ1v) is 10.2. The molecule has 4 heteroatoms. The highest BCUT2D eigenvalue weighted by atomic mass is 31.2. The first-order chi connectivity index (χ1) is 12.5. The van der Waals surface area contributed by atoms with Crippen molar-refractivity contribution in [1.29, 1.82) is 0 Å². The van der Waals surface area contributed by atoms with Crippen LogP contribution in [-0.2, 0) is 4.57 Å². The molecule has 0 radical (unpaired) electrons. The Labute approximate surface area is 154 Å². The molecule has 3 nitrogen and oxygen atoms in total. The van der Waals surface area contributed by atoms with Gasteiger partial charge >= 0.3 is 0 Å². The molecular weight excluding hydrogens is 341 g/mol. The van der Waals surface area contributed by atoms with Crippen LogP contribution in [-0.4, -0.2) is 10.7 Å². The number of benzene rings is 3. The van der Waals surface area contributed by atoms with E-state index in [-0.39, 0.29) is 5.45 Å². The number of nitrogens with zero attached hydrogens (tertiary/aromatic N) is 1. The van der Waals surface area contributed by atoms with Crippen LogP contribution in [0.1, 0.15) is 22.3 Å². The van der Waals surface area contributed by atoms with Crippen molar-refractivity contribution in [3.8, 4) is 0 Å². The Balaban J connectivity index is 2.34. The average Bonchev–Trinajstić information content (AvgIpc) is 2.65. The van der Waals surface area contributed by atoms with Crippen LogP contribution in [0.3, 0.4) is 0 Å². The minimum atomic E-state index is -3.33. The molecule has 0 aromatic heterocycles. The van der Waals surface area contributed by atoms with Crippen LogP contribution in [0.4, 0.5) is 0 Å². The van der Waals surface area contributed by atoms with Gasteiger partial charge in [0.05, 0.1) is 0 Å². The van der Waals surface area contributed by atoms with Gasteiger partial charge in [0.25, 0.3) is 0 Å². The standard InChI is InChI=1S/C22H22NO2P/c1-16-14-17(2)21(18(3)15-16)22(23-24)26(25,19-10-6-4-7-11-19)20-12-8-5-9-13-20/h4-15,24H,1-3H3. The smallest absolute Gasteiger partial charge is 0.192 e. The van der Waals surface area contributed by atoms with Crippen molar-refractivity contribution in [2.45, 2.75) is 20.8 Å². The molecule has 26 heavy (non-hydrogen) atoms. The Morgan fingerprint density at radius 3 is 1.62 bits per heavy atom. The van der Waals surface area contributed by atoms with Gasteiger partial charge < -0.3 is 9.77 Å². The molecule has 0 aliphatic heterocycles. The molecule has 0 fully saturated rings. The Hall–Kier alpha value is -2.64. The van der Waals surface area contributed by atoms with E-state index in [0.29, 0.717) is 10.6 Å². The van der Waals surface area contributed by atoms with Crippen LogP contribution in [0.2, 0.25) is 0 Å². The Bertz CT molecular complexity index is 929. The van der Waals surface area contributed by atoms with Gasteiger partial charge in [0.15, 0.2) is 12.6 Å². The maximum atomic E-state index is 14.4. The van der Waals surface area contributed by atoms with Crippen LogP contribution in [0.5, 0.6) is 0 Å². The molecule has 0 saturated carbocycles. The maximum absolute atomic E-state index is 14.4. The normalized spacial score (nSPS) is 12.2. The molecule has 0 amide bonds. The second kappa shape index (κ2) is 7.31. The molecule has 0 aliphatic carbocycles. The summed E-state index contributed by atoms with van der Waals surface area (Å²) in [4.78, 5) is 0. The molecule has 3 rings (SSSR count). The van der Waals surface area contributed by atoms with Crippen molar-refractivity contribution < 1.29 is 9.77 Å². The highest BCUT2D eigenvalue weighted by Crippen LogP contribution is 2.48. The van der Waals surface area contributed by atoms with Crippen molar-refractivity contribution in [3.63, 3.8) is 0 Å². The summed E-state index contributed by atoms with van der Waals surface area (Å²) in [6, 6.07) is 22.6. The van der Waals surface area contributed by atoms with E-state index in [2.05, 4.69) is 5.16 Å². The van der Waals surface area contributed by atoms with Crippen LogP contribution in [0.25, 0.3) is 0 Å². The number of rotatable bonds is 4. The van der Waals surface area contributed by atoms with Crippen molar-refractivity contribution in [1.82, 2.24) is 0 Å². The highest BCUT2D eigenvalue weighted by Gasteiger charge is 2.36. The van der Waals surface area contributed by atoms with Crippen LogP contribution >= 0.6 is 7.14 Å². The van der Waals surface area contributed by atoms with E-state index in [9.17, 15) is 9.77 Å². The summed E-state index contributed by atoms with van der Waals surface area (Å²) in [5.41, 5.74) is 3.99. The predicted molar refractivity (Wildman–Crippen MR) is 109 cm³/mol. The van der Waals surface area contributed by atoms with E-state index >= 15 is 0 Å². The van der Waals surface area contributed by atoms with Crippen LogP contribution in [0.15, 0.2) is 78.0 Å².